The van der Waals surface area contributed by atoms with Gasteiger partial charge < -0.3 is 5.11 Å². The van der Waals surface area contributed by atoms with Crippen LogP contribution in [0.4, 0.5) is 4.79 Å². The fraction of sp³-hybridized carbons (Fsp3) is 0. The standard InChI is InChI=1S/C9H5N3O2/c10-4-6-1-2-8-7(3-6)5-11-12(8)9(13)14/h1-3,5H,(H,13,14). The Labute approximate surface area is 78.8 Å². The van der Waals surface area contributed by atoms with Crippen molar-refractivity contribution in [2.75, 3.05) is 0 Å². The van der Waals surface area contributed by atoms with E-state index in [4.69, 9.17) is 10.4 Å². The van der Waals surface area contributed by atoms with Gasteiger partial charge in [-0.1, -0.05) is 0 Å². The number of hydrogen-bond acceptors (Lipinski definition) is 3. The average Bonchev–Trinajstić information content (AvgIpc) is 2.59. The van der Waals surface area contributed by atoms with Crippen molar-refractivity contribution in [3.63, 3.8) is 0 Å². The predicted molar refractivity (Wildman–Crippen MR) is 47.9 cm³/mol. The highest BCUT2D eigenvalue weighted by Crippen LogP contribution is 2.14. The second kappa shape index (κ2) is 2.85. The maximum Gasteiger partial charge on any atom is 0.432 e. The maximum atomic E-state index is 10.7. The number of aromatic nitrogens is 2. The summed E-state index contributed by atoms with van der Waals surface area (Å²) in [7, 11) is 0. The molecule has 0 aliphatic rings. The fourth-order valence-corrected chi connectivity index (χ4v) is 1.25. The summed E-state index contributed by atoms with van der Waals surface area (Å²) < 4.78 is 0.872. The first kappa shape index (κ1) is 8.26. The third kappa shape index (κ3) is 1.10. The molecule has 0 aliphatic heterocycles. The number of hydrogen-bond donors (Lipinski definition) is 1. The smallest absolute Gasteiger partial charge is 0.432 e. The van der Waals surface area contributed by atoms with E-state index in [1.165, 1.54) is 6.20 Å². The Morgan fingerprint density at radius 1 is 1.57 bits per heavy atom. The second-order valence-corrected chi connectivity index (χ2v) is 2.72. The Bertz CT molecular complexity index is 551. The van der Waals surface area contributed by atoms with E-state index in [1.807, 2.05) is 6.07 Å². The van der Waals surface area contributed by atoms with Crippen molar-refractivity contribution in [2.24, 2.45) is 0 Å². The Morgan fingerprint density at radius 2 is 2.36 bits per heavy atom. The third-order valence-corrected chi connectivity index (χ3v) is 1.88. The highest BCUT2D eigenvalue weighted by atomic mass is 16.4. The first-order valence-corrected chi connectivity index (χ1v) is 3.83. The summed E-state index contributed by atoms with van der Waals surface area (Å²) in [6, 6.07) is 6.70. The number of carbonyl (C=O) groups is 1. The van der Waals surface area contributed by atoms with Crippen LogP contribution in [0.5, 0.6) is 0 Å². The van der Waals surface area contributed by atoms with E-state index >= 15 is 0 Å². The number of fused-ring (bicyclic) bond motifs is 1. The molecular weight excluding hydrogens is 182 g/mol. The molecular formula is C9H5N3O2. The molecule has 2 rings (SSSR count). The maximum absolute atomic E-state index is 10.7. The van der Waals surface area contributed by atoms with Gasteiger partial charge >= 0.3 is 6.09 Å². The van der Waals surface area contributed by atoms with Gasteiger partial charge in [0.05, 0.1) is 23.3 Å². The van der Waals surface area contributed by atoms with Gasteiger partial charge in [-0.15, -0.1) is 0 Å². The van der Waals surface area contributed by atoms with Gasteiger partial charge in [0.2, 0.25) is 0 Å². The van der Waals surface area contributed by atoms with Crippen LogP contribution in [-0.4, -0.2) is 21.0 Å². The third-order valence-electron chi connectivity index (χ3n) is 1.88. The molecule has 0 unspecified atom stereocenters. The second-order valence-electron chi connectivity index (χ2n) is 2.72. The van der Waals surface area contributed by atoms with Gasteiger partial charge in [0, 0.05) is 5.39 Å². The largest absolute Gasteiger partial charge is 0.463 e. The minimum absolute atomic E-state index is 0.483. The van der Waals surface area contributed by atoms with Crippen LogP contribution in [0.1, 0.15) is 5.56 Å². The monoisotopic (exact) mass is 187 g/mol. The van der Waals surface area contributed by atoms with Crippen molar-refractivity contribution in [3.8, 4) is 6.07 Å². The van der Waals surface area contributed by atoms with E-state index < -0.39 is 6.09 Å². The molecule has 2 aromatic rings. The van der Waals surface area contributed by atoms with Gasteiger partial charge in [-0.25, -0.2) is 4.79 Å². The molecule has 0 bridgehead atoms. The molecule has 0 saturated carbocycles. The summed E-state index contributed by atoms with van der Waals surface area (Å²) in [5, 5.41) is 21.7. The van der Waals surface area contributed by atoms with Crippen LogP contribution in [0, 0.1) is 11.3 Å². The van der Waals surface area contributed by atoms with Crippen molar-refractivity contribution in [1.82, 2.24) is 9.78 Å². The summed E-state index contributed by atoms with van der Waals surface area (Å²) in [5.74, 6) is 0. The molecule has 0 atom stereocenters. The number of nitriles is 1. The molecule has 1 heterocycles. The summed E-state index contributed by atoms with van der Waals surface area (Å²) in [5.41, 5.74) is 0.971. The zero-order chi connectivity index (χ0) is 10.1. The summed E-state index contributed by atoms with van der Waals surface area (Å²) in [4.78, 5) is 10.7. The lowest BCUT2D eigenvalue weighted by Crippen LogP contribution is -2.08. The van der Waals surface area contributed by atoms with E-state index in [0.29, 0.717) is 16.5 Å². The first-order valence-electron chi connectivity index (χ1n) is 3.83. The van der Waals surface area contributed by atoms with E-state index in [1.54, 1.807) is 18.2 Å². The zero-order valence-corrected chi connectivity index (χ0v) is 7.01. The van der Waals surface area contributed by atoms with Crippen molar-refractivity contribution in [3.05, 3.63) is 30.0 Å². The summed E-state index contributed by atoms with van der Waals surface area (Å²) >= 11 is 0. The Hall–Kier alpha value is -2.35. The quantitative estimate of drug-likeness (QED) is 0.676. The summed E-state index contributed by atoms with van der Waals surface area (Å²) in [6.45, 7) is 0. The molecule has 5 heteroatoms. The molecule has 1 aromatic heterocycles. The topological polar surface area (TPSA) is 78.9 Å². The van der Waals surface area contributed by atoms with Crippen molar-refractivity contribution >= 4 is 17.0 Å². The molecule has 0 aliphatic carbocycles. The number of rotatable bonds is 0. The van der Waals surface area contributed by atoms with Crippen molar-refractivity contribution in [2.45, 2.75) is 0 Å². The van der Waals surface area contributed by atoms with Crippen LogP contribution in [0.3, 0.4) is 0 Å². The predicted octanol–water partition coefficient (Wildman–Crippen LogP) is 1.43. The average molecular weight is 187 g/mol. The molecule has 0 amide bonds. The lowest BCUT2D eigenvalue weighted by atomic mass is 10.2. The van der Waals surface area contributed by atoms with Crippen LogP contribution < -0.4 is 0 Å². The van der Waals surface area contributed by atoms with Gasteiger partial charge in [-0.2, -0.15) is 15.0 Å². The Morgan fingerprint density at radius 3 is 3.00 bits per heavy atom. The number of nitrogens with zero attached hydrogens (tertiary/aromatic N) is 3. The molecule has 1 aromatic carbocycles. The van der Waals surface area contributed by atoms with Gasteiger partial charge in [0.1, 0.15) is 0 Å². The van der Waals surface area contributed by atoms with E-state index in [2.05, 4.69) is 5.10 Å². The Kier molecular flexibility index (Phi) is 1.68. The highest BCUT2D eigenvalue weighted by molar-refractivity contribution is 5.87. The van der Waals surface area contributed by atoms with Crippen LogP contribution in [0.25, 0.3) is 10.9 Å². The van der Waals surface area contributed by atoms with Crippen LogP contribution in [0.15, 0.2) is 24.4 Å². The van der Waals surface area contributed by atoms with Crippen LogP contribution in [0.2, 0.25) is 0 Å². The van der Waals surface area contributed by atoms with Gasteiger partial charge in [0.25, 0.3) is 0 Å². The van der Waals surface area contributed by atoms with Gasteiger partial charge in [-0.3, -0.25) is 0 Å². The first-order chi connectivity index (χ1) is 6.72. The van der Waals surface area contributed by atoms with Crippen LogP contribution in [-0.2, 0) is 0 Å². The van der Waals surface area contributed by atoms with Crippen molar-refractivity contribution < 1.29 is 9.90 Å². The van der Waals surface area contributed by atoms with Crippen molar-refractivity contribution in [1.29, 1.82) is 5.26 Å². The minimum atomic E-state index is -1.13. The molecule has 14 heavy (non-hydrogen) atoms. The molecule has 68 valence electrons. The lowest BCUT2D eigenvalue weighted by Gasteiger charge is -1.94. The van der Waals surface area contributed by atoms with E-state index in [9.17, 15) is 4.79 Å². The molecule has 0 fully saturated rings. The van der Waals surface area contributed by atoms with Gasteiger partial charge in [0.15, 0.2) is 0 Å². The lowest BCUT2D eigenvalue weighted by molar-refractivity contribution is 0.194. The molecule has 1 N–H and O–H groups in total. The van der Waals surface area contributed by atoms with E-state index in [0.717, 1.165) is 4.68 Å². The Balaban J connectivity index is 2.73. The van der Waals surface area contributed by atoms with Crippen LogP contribution >= 0.6 is 0 Å². The highest BCUT2D eigenvalue weighted by Gasteiger charge is 2.08. The molecule has 5 nitrogen and oxygen atoms in total. The summed E-state index contributed by atoms with van der Waals surface area (Å²) in [6.07, 6.45) is 0.286. The van der Waals surface area contributed by atoms with E-state index in [-0.39, 0.29) is 0 Å². The fourth-order valence-electron chi connectivity index (χ4n) is 1.25. The molecule has 0 saturated heterocycles. The van der Waals surface area contributed by atoms with Gasteiger partial charge in [-0.05, 0) is 18.2 Å². The minimum Gasteiger partial charge on any atom is -0.463 e. The number of benzene rings is 1. The molecule has 0 spiro atoms. The number of carboxylic acid groups (broad SMARTS) is 1. The SMILES string of the molecule is N#Cc1ccc2c(cnn2C(=O)O)c1. The normalized spacial score (nSPS) is 9.93. The zero-order valence-electron chi connectivity index (χ0n) is 7.01. The molecule has 0 radical (unpaired) electrons.